The van der Waals surface area contributed by atoms with Gasteiger partial charge < -0.3 is 25.6 Å². The van der Waals surface area contributed by atoms with Crippen LogP contribution in [-0.2, 0) is 14.3 Å². The molecule has 2 unspecified atom stereocenters. The molecular weight excluding hydrogens is 311 g/mol. The van der Waals surface area contributed by atoms with Crippen molar-refractivity contribution in [2.45, 2.75) is 30.6 Å². The SMILES string of the molecule is NCOC1C(F)[C@H]([B]C#CCNC(=O)C(F)(F)F)O[C@@H]1CO. The number of hydrogen-bond acceptors (Lipinski definition) is 5. The highest BCUT2D eigenvalue weighted by atomic mass is 19.4. The highest BCUT2D eigenvalue weighted by Crippen LogP contribution is 2.25. The summed E-state index contributed by atoms with van der Waals surface area (Å²) in [6.07, 6.45) is -8.57. The maximum Gasteiger partial charge on any atom is 0.471 e. The molecule has 0 aromatic rings. The van der Waals surface area contributed by atoms with Gasteiger partial charge in [-0.25, -0.2) is 4.39 Å². The second-order valence-corrected chi connectivity index (χ2v) is 4.23. The lowest BCUT2D eigenvalue weighted by atomic mass is 9.70. The predicted molar refractivity (Wildman–Crippen MR) is 67.2 cm³/mol. The van der Waals surface area contributed by atoms with Crippen molar-refractivity contribution in [1.29, 1.82) is 0 Å². The number of amides is 1. The molecule has 0 aliphatic carbocycles. The van der Waals surface area contributed by atoms with Crippen molar-refractivity contribution in [3.8, 4) is 11.7 Å². The lowest BCUT2D eigenvalue weighted by Crippen LogP contribution is -2.37. The van der Waals surface area contributed by atoms with E-state index in [0.717, 1.165) is 7.28 Å². The van der Waals surface area contributed by atoms with E-state index in [1.807, 2.05) is 0 Å². The summed E-state index contributed by atoms with van der Waals surface area (Å²) in [6, 6.07) is -1.11. The van der Waals surface area contributed by atoms with Gasteiger partial charge in [-0.2, -0.15) is 19.0 Å². The van der Waals surface area contributed by atoms with Crippen LogP contribution in [0, 0.1) is 11.7 Å². The van der Waals surface area contributed by atoms with E-state index in [1.54, 1.807) is 0 Å². The maximum absolute atomic E-state index is 13.9. The van der Waals surface area contributed by atoms with Crippen LogP contribution in [0.2, 0.25) is 0 Å². The Balaban J connectivity index is 2.42. The Kier molecular flexibility index (Phi) is 7.08. The minimum absolute atomic E-state index is 0.257. The van der Waals surface area contributed by atoms with Gasteiger partial charge in [0, 0.05) is 0 Å². The van der Waals surface area contributed by atoms with Crippen LogP contribution in [0.3, 0.4) is 0 Å². The van der Waals surface area contributed by atoms with E-state index in [0.29, 0.717) is 0 Å². The van der Waals surface area contributed by atoms with Gasteiger partial charge >= 0.3 is 12.1 Å². The Morgan fingerprint density at radius 2 is 2.18 bits per heavy atom. The highest BCUT2D eigenvalue weighted by Gasteiger charge is 2.45. The number of carbonyl (C=O) groups excluding carboxylic acids is 1. The third-order valence-electron chi connectivity index (χ3n) is 2.74. The first kappa shape index (κ1) is 18.7. The molecule has 0 saturated carbocycles. The van der Waals surface area contributed by atoms with Crippen molar-refractivity contribution >= 4 is 13.2 Å². The Morgan fingerprint density at radius 1 is 1.50 bits per heavy atom. The topological polar surface area (TPSA) is 93.8 Å². The Bertz CT molecular complexity index is 440. The van der Waals surface area contributed by atoms with Crippen LogP contribution in [0.1, 0.15) is 0 Å². The summed E-state index contributed by atoms with van der Waals surface area (Å²) in [5.41, 5.74) is 5.14. The fourth-order valence-electron chi connectivity index (χ4n) is 1.75. The highest BCUT2D eigenvalue weighted by molar-refractivity contribution is 6.47. The molecule has 4 atom stereocenters. The lowest BCUT2D eigenvalue weighted by Gasteiger charge is -2.16. The van der Waals surface area contributed by atoms with Gasteiger partial charge in [-0.1, -0.05) is 5.92 Å². The molecule has 1 fully saturated rings. The number of halogens is 4. The van der Waals surface area contributed by atoms with Crippen LogP contribution in [0.25, 0.3) is 0 Å². The third kappa shape index (κ3) is 5.13. The zero-order valence-electron chi connectivity index (χ0n) is 11.3. The number of nitrogens with one attached hydrogen (secondary N) is 1. The first-order valence-electron chi connectivity index (χ1n) is 6.20. The normalized spacial score (nSPS) is 27.9. The molecule has 1 rings (SSSR count). The van der Waals surface area contributed by atoms with Gasteiger partial charge in [0.05, 0.1) is 25.9 Å². The second kappa shape index (κ2) is 8.33. The number of rotatable bonds is 5. The molecule has 0 aromatic heterocycles. The summed E-state index contributed by atoms with van der Waals surface area (Å²) < 4.78 is 59.6. The molecule has 0 aromatic carbocycles. The van der Waals surface area contributed by atoms with Gasteiger partial charge in [0.25, 0.3) is 7.28 Å². The van der Waals surface area contributed by atoms with Gasteiger partial charge in [0.15, 0.2) is 0 Å². The molecule has 1 heterocycles. The average molecular weight is 325 g/mol. The summed E-state index contributed by atoms with van der Waals surface area (Å²) in [6.45, 7) is -1.29. The van der Waals surface area contributed by atoms with Gasteiger partial charge in [0.2, 0.25) is 0 Å². The zero-order chi connectivity index (χ0) is 16.8. The fraction of sp³-hybridized carbons (Fsp3) is 0.727. The second-order valence-electron chi connectivity index (χ2n) is 4.23. The molecule has 1 aliphatic rings. The van der Waals surface area contributed by atoms with E-state index in [-0.39, 0.29) is 6.73 Å². The molecule has 1 amide bonds. The fourth-order valence-corrected chi connectivity index (χ4v) is 1.75. The van der Waals surface area contributed by atoms with Crippen molar-refractivity contribution in [2.75, 3.05) is 19.9 Å². The number of nitrogens with two attached hydrogens (primary N) is 1. The smallest absolute Gasteiger partial charge is 0.394 e. The molecule has 11 heteroatoms. The van der Waals surface area contributed by atoms with E-state index in [4.69, 9.17) is 20.3 Å². The van der Waals surface area contributed by atoms with Crippen molar-refractivity contribution in [2.24, 2.45) is 5.73 Å². The van der Waals surface area contributed by atoms with Crippen LogP contribution in [0.5, 0.6) is 0 Å². The monoisotopic (exact) mass is 325 g/mol. The zero-order valence-corrected chi connectivity index (χ0v) is 11.3. The molecule has 123 valence electrons. The predicted octanol–water partition coefficient (Wildman–Crippen LogP) is -1.31. The Labute approximate surface area is 124 Å². The molecule has 1 aliphatic heterocycles. The number of aliphatic hydroxyl groups excluding tert-OH is 1. The average Bonchev–Trinajstić information content (AvgIpc) is 2.74. The summed E-state index contributed by atoms with van der Waals surface area (Å²) in [5, 5.41) is 10.6. The van der Waals surface area contributed by atoms with Gasteiger partial charge in [0.1, 0.15) is 18.4 Å². The van der Waals surface area contributed by atoms with Crippen molar-refractivity contribution in [3.63, 3.8) is 0 Å². The summed E-state index contributed by atoms with van der Waals surface area (Å²) >= 11 is 0. The molecule has 0 spiro atoms. The summed E-state index contributed by atoms with van der Waals surface area (Å²) in [4.78, 5) is 10.5. The van der Waals surface area contributed by atoms with E-state index in [1.165, 1.54) is 5.32 Å². The summed E-state index contributed by atoms with van der Waals surface area (Å²) in [7, 11) is 1.08. The number of ether oxygens (including phenoxy) is 2. The van der Waals surface area contributed by atoms with Crippen molar-refractivity contribution in [1.82, 2.24) is 5.32 Å². The van der Waals surface area contributed by atoms with E-state index < -0.39 is 49.6 Å². The molecular formula is C11H14BF4N2O4. The number of aliphatic hydroxyl groups is 1. The van der Waals surface area contributed by atoms with Crippen LogP contribution < -0.4 is 11.1 Å². The van der Waals surface area contributed by atoms with Gasteiger partial charge in [-0.05, 0) is 0 Å². The number of carbonyl (C=O) groups is 1. The lowest BCUT2D eigenvalue weighted by molar-refractivity contribution is -0.173. The number of hydrogen-bond donors (Lipinski definition) is 3. The first-order valence-corrected chi connectivity index (χ1v) is 6.20. The van der Waals surface area contributed by atoms with Crippen molar-refractivity contribution < 1.29 is 36.9 Å². The van der Waals surface area contributed by atoms with Crippen molar-refractivity contribution in [3.05, 3.63) is 0 Å². The van der Waals surface area contributed by atoms with E-state index in [9.17, 15) is 22.4 Å². The first-order chi connectivity index (χ1) is 10.3. The van der Waals surface area contributed by atoms with Gasteiger partial charge in [-0.3, -0.25) is 4.79 Å². The van der Waals surface area contributed by atoms with Crippen LogP contribution in [-0.4, -0.2) is 68.7 Å². The molecule has 4 N–H and O–H groups in total. The Hall–Kier alpha value is -1.35. The van der Waals surface area contributed by atoms with E-state index in [2.05, 4.69) is 11.7 Å². The maximum atomic E-state index is 13.9. The minimum Gasteiger partial charge on any atom is -0.394 e. The van der Waals surface area contributed by atoms with Gasteiger partial charge in [-0.15, -0.1) is 0 Å². The largest absolute Gasteiger partial charge is 0.471 e. The molecule has 0 bridgehead atoms. The third-order valence-corrected chi connectivity index (χ3v) is 2.74. The minimum atomic E-state index is -4.98. The molecule has 1 radical (unpaired) electrons. The van der Waals surface area contributed by atoms with Crippen LogP contribution in [0.15, 0.2) is 0 Å². The molecule has 1 saturated heterocycles. The van der Waals surface area contributed by atoms with Crippen LogP contribution in [0.4, 0.5) is 17.6 Å². The summed E-state index contributed by atoms with van der Waals surface area (Å²) in [5.74, 6) is 2.37. The standard InChI is InChI=1S/C11H14BF4N2O4/c13-7-8(21-5-17)6(4-19)22-9(7)12-2-1-3-18-10(20)11(14,15)16/h6-9,19H,3-5,17H2,(H,18,20)/t6-,7?,8?,9-/m1/s1. The molecule has 22 heavy (non-hydrogen) atoms. The molecule has 6 nitrogen and oxygen atoms in total. The number of alkyl halides is 4. The Morgan fingerprint density at radius 3 is 2.73 bits per heavy atom. The van der Waals surface area contributed by atoms with Crippen LogP contribution >= 0.6 is 0 Å². The van der Waals surface area contributed by atoms with E-state index >= 15 is 0 Å². The quantitative estimate of drug-likeness (QED) is 0.252.